The Morgan fingerprint density at radius 3 is 1.06 bits per heavy atom. The van der Waals surface area contributed by atoms with E-state index in [0.717, 1.165) is 55.4 Å². The lowest BCUT2D eigenvalue weighted by Crippen LogP contribution is -2.10. The third-order valence-corrected chi connectivity index (χ3v) is 13.8. The van der Waals surface area contributed by atoms with Gasteiger partial charge in [-0.05, 0) is 181 Å². The van der Waals surface area contributed by atoms with Gasteiger partial charge in [0.1, 0.15) is 5.76 Å². The zero-order chi connectivity index (χ0) is 73.9. The fraction of sp³-hybridized carbons (Fsp3) is 0.622. The van der Waals surface area contributed by atoms with E-state index >= 15 is 0 Å². The van der Waals surface area contributed by atoms with Gasteiger partial charge in [-0.1, -0.05) is 350 Å². The molecule has 4 aromatic carbocycles. The molecule has 1 atom stereocenters. The molecule has 0 aliphatic heterocycles. The summed E-state index contributed by atoms with van der Waals surface area (Å²) in [5, 5.41) is 26.1. The molecule has 0 spiro atoms. The molecule has 0 bridgehead atoms. The van der Waals surface area contributed by atoms with Gasteiger partial charge in [-0.2, -0.15) is 0 Å². The third-order valence-electron chi connectivity index (χ3n) is 13.8. The van der Waals surface area contributed by atoms with Crippen molar-refractivity contribution in [1.29, 1.82) is 0 Å². The van der Waals surface area contributed by atoms with Gasteiger partial charge in [-0.3, -0.25) is 0 Å². The molecule has 5 aromatic rings. The summed E-state index contributed by atoms with van der Waals surface area (Å²) in [4.78, 5) is 0. The largest absolute Gasteiger partial charge is 0.469 e. The zero-order valence-corrected chi connectivity index (χ0v) is 68.0. The summed E-state index contributed by atoms with van der Waals surface area (Å²) in [6.07, 6.45) is 19.6. The second kappa shape index (κ2) is 48.1. The average molecular weight is 1300 g/mol. The lowest BCUT2D eigenvalue weighted by atomic mass is 9.87. The average Bonchev–Trinajstić information content (AvgIpc) is 1.18. The predicted octanol–water partition coefficient (Wildman–Crippen LogP) is 26.9. The summed E-state index contributed by atoms with van der Waals surface area (Å²) in [6, 6.07) is 44.6. The Kier molecular flexibility index (Phi) is 48.9. The number of aliphatic hydroxyl groups is 3. The molecule has 0 saturated carbocycles. The molecule has 0 amide bonds. The van der Waals surface area contributed by atoms with E-state index in [0.29, 0.717) is 61.3 Å². The number of hydrogen-bond donors (Lipinski definition) is 3. The van der Waals surface area contributed by atoms with E-state index in [1.54, 1.807) is 6.26 Å². The van der Waals surface area contributed by atoms with Crippen LogP contribution < -0.4 is 0 Å². The topological polar surface area (TPSA) is 73.8 Å². The summed E-state index contributed by atoms with van der Waals surface area (Å²) in [5.41, 5.74) is 14.1. The molecule has 94 heavy (non-hydrogen) atoms. The van der Waals surface area contributed by atoms with Gasteiger partial charge in [0.2, 0.25) is 0 Å². The van der Waals surface area contributed by atoms with Gasteiger partial charge in [-0.25, -0.2) is 0 Å². The molecule has 0 radical (unpaired) electrons. The van der Waals surface area contributed by atoms with Crippen molar-refractivity contribution in [3.05, 3.63) is 202 Å². The molecular weight excluding hydrogens is 1140 g/mol. The maximum absolute atomic E-state index is 8.73. The van der Waals surface area contributed by atoms with Crippen LogP contribution >= 0.6 is 0 Å². The van der Waals surface area contributed by atoms with Crippen LogP contribution in [0.5, 0.6) is 0 Å². The molecule has 5 rings (SSSR count). The first-order chi connectivity index (χ1) is 42.6. The van der Waals surface area contributed by atoms with Crippen LogP contribution in [0.3, 0.4) is 0 Å². The molecule has 0 aliphatic carbocycles. The van der Waals surface area contributed by atoms with Crippen LogP contribution in [0.4, 0.5) is 0 Å². The van der Waals surface area contributed by atoms with Crippen molar-refractivity contribution < 1.29 is 19.7 Å². The first kappa shape index (κ1) is 95.7. The van der Waals surface area contributed by atoms with Crippen molar-refractivity contribution in [2.24, 2.45) is 49.2 Å². The van der Waals surface area contributed by atoms with Crippen LogP contribution in [0.25, 0.3) is 0 Å². The lowest BCUT2D eigenvalue weighted by Gasteiger charge is -2.19. The molecule has 4 heteroatoms. The number of rotatable bonds is 13. The number of aryl methyl sites for hydroxylation is 2. The van der Waals surface area contributed by atoms with Crippen LogP contribution in [0.1, 0.15) is 294 Å². The summed E-state index contributed by atoms with van der Waals surface area (Å²) < 4.78 is 5.21. The van der Waals surface area contributed by atoms with E-state index in [-0.39, 0.29) is 13.2 Å². The number of aliphatic hydroxyl groups excluding tert-OH is 3. The van der Waals surface area contributed by atoms with Crippen molar-refractivity contribution in [1.82, 2.24) is 0 Å². The summed E-state index contributed by atoms with van der Waals surface area (Å²) in [7, 11) is 0. The summed E-state index contributed by atoms with van der Waals surface area (Å²) in [5.74, 6) is 1.55. The van der Waals surface area contributed by atoms with Crippen molar-refractivity contribution in [2.75, 3.05) is 19.8 Å². The summed E-state index contributed by atoms with van der Waals surface area (Å²) in [6.45, 7) is 73.5. The van der Waals surface area contributed by atoms with Crippen LogP contribution in [0, 0.1) is 56.2 Å². The monoisotopic (exact) mass is 1300 g/mol. The molecule has 4 nitrogen and oxygen atoms in total. The normalized spacial score (nSPS) is 12.5. The highest BCUT2D eigenvalue weighted by molar-refractivity contribution is 5.24. The Morgan fingerprint density at radius 1 is 0.394 bits per heavy atom. The Morgan fingerprint density at radius 2 is 0.766 bits per heavy atom. The molecule has 1 unspecified atom stereocenters. The van der Waals surface area contributed by atoms with Gasteiger partial charge >= 0.3 is 0 Å². The van der Waals surface area contributed by atoms with E-state index < -0.39 is 0 Å². The lowest BCUT2D eigenvalue weighted by molar-refractivity contribution is 0.212. The fourth-order valence-corrected chi connectivity index (χ4v) is 8.05. The minimum absolute atomic E-state index is 0.191. The molecular formula is C90H154O4. The number of allylic oxidation sites excluding steroid dienone is 4. The molecule has 3 N–H and O–H groups in total. The second-order valence-corrected chi connectivity index (χ2v) is 37.3. The molecule has 0 saturated heterocycles. The SMILES string of the molecule is C/C(=C/CC(C)(C)C)CO.C/C(=C\CC(C)(C)C)CO.CC(C)(C)CCc1ccccc1.CC(C)(C)Cc1ccccc1.CC(C)(C)Cc1ccco1.CC(C)(C)c1ccccc1.CC(C)=CCC(C)(C)C.CC(CO)CCC(C)(C)C.Cc1cccc(CC(C)(C)C)c1. The Labute approximate surface area is 585 Å². The standard InChI is InChI=1S/2C12H18.C11H16.C10H14.C9H14O.C9H20O.2C9H18O.C9H18/c1-10-6-5-7-11(8-10)9-12(2,3)4;1-12(2,3)10-9-11-7-5-4-6-8-11;1-11(2,3)9-10-7-5-4-6-8-10;1-10(2,3)9-7-5-4-6-8-9;1-9(2,3)7-8-5-4-6-10-8;3*1-8(7-10)5-6-9(2,3)4;1-8(2)6-7-9(3,4)5/h5-8H,9H2,1-4H3;4-8H,9-10H2,1-3H3;4-8H,9H2,1-3H3;4-8H,1-3H3;4-6H,7H2,1-3H3;8,10H,5-7H2,1-4H3;2*5,10H,6-7H2,1-4H3;6H,7H2,1-5H3/b;;;;;;8-5+;8-5-;. The number of hydrogen-bond acceptors (Lipinski definition) is 4. The number of benzene rings is 4. The molecule has 0 aliphatic rings. The van der Waals surface area contributed by atoms with Crippen LogP contribution in [0.2, 0.25) is 0 Å². The van der Waals surface area contributed by atoms with E-state index in [9.17, 15) is 0 Å². The quantitative estimate of drug-likeness (QED) is 0.103. The predicted molar refractivity (Wildman–Crippen MR) is 423 cm³/mol. The van der Waals surface area contributed by atoms with Gasteiger partial charge < -0.3 is 19.7 Å². The van der Waals surface area contributed by atoms with E-state index in [4.69, 9.17) is 19.7 Å². The molecule has 0 fully saturated rings. The maximum Gasteiger partial charge on any atom is 0.104 e. The van der Waals surface area contributed by atoms with E-state index in [1.807, 2.05) is 26.0 Å². The van der Waals surface area contributed by atoms with Gasteiger partial charge in [-0.15, -0.1) is 0 Å². The zero-order valence-electron chi connectivity index (χ0n) is 68.0. The Balaban J connectivity index is -0.000000485. The molecule has 1 aromatic heterocycles. The van der Waals surface area contributed by atoms with Crippen molar-refractivity contribution in [3.8, 4) is 0 Å². The van der Waals surface area contributed by atoms with Crippen LogP contribution in [-0.4, -0.2) is 35.1 Å². The molecule has 1 heterocycles. The third kappa shape index (κ3) is 74.7. The Hall–Kier alpha value is -4.74. The molecule has 538 valence electrons. The fourth-order valence-electron chi connectivity index (χ4n) is 8.05. The minimum atomic E-state index is 0.191. The maximum atomic E-state index is 8.73. The highest BCUT2D eigenvalue weighted by Crippen LogP contribution is 2.27. The van der Waals surface area contributed by atoms with Gasteiger partial charge in [0.25, 0.3) is 0 Å². The van der Waals surface area contributed by atoms with E-state index in [1.165, 1.54) is 59.1 Å². The van der Waals surface area contributed by atoms with Crippen molar-refractivity contribution in [3.63, 3.8) is 0 Å². The Bertz CT molecular complexity index is 2600. The summed E-state index contributed by atoms with van der Waals surface area (Å²) >= 11 is 0. The van der Waals surface area contributed by atoms with Gasteiger partial charge in [0, 0.05) is 13.0 Å². The van der Waals surface area contributed by atoms with Gasteiger partial charge in [0.05, 0.1) is 19.5 Å². The smallest absolute Gasteiger partial charge is 0.104 e. The highest BCUT2D eigenvalue weighted by Gasteiger charge is 2.16. The van der Waals surface area contributed by atoms with Crippen molar-refractivity contribution >= 4 is 0 Å². The minimum Gasteiger partial charge on any atom is -0.469 e. The highest BCUT2D eigenvalue weighted by atomic mass is 16.3. The van der Waals surface area contributed by atoms with E-state index in [2.05, 4.69) is 348 Å². The first-order valence-electron chi connectivity index (χ1n) is 35.6. The van der Waals surface area contributed by atoms with Crippen LogP contribution in [-0.2, 0) is 31.1 Å². The second-order valence-electron chi connectivity index (χ2n) is 37.3. The van der Waals surface area contributed by atoms with Crippen molar-refractivity contribution in [2.45, 2.75) is 298 Å². The first-order valence-corrected chi connectivity index (χ1v) is 35.6. The van der Waals surface area contributed by atoms with Crippen LogP contribution in [0.15, 0.2) is 173 Å². The number of furan rings is 1. The van der Waals surface area contributed by atoms with Gasteiger partial charge in [0.15, 0.2) is 0 Å².